The maximum absolute atomic E-state index is 6.27. The van der Waals surface area contributed by atoms with Crippen molar-refractivity contribution in [3.05, 3.63) is 70.3 Å². The number of para-hydroxylation sites is 1. The van der Waals surface area contributed by atoms with E-state index in [1.165, 1.54) is 4.68 Å². The zero-order chi connectivity index (χ0) is 17.2. The van der Waals surface area contributed by atoms with Gasteiger partial charge < -0.3 is 5.32 Å². The van der Waals surface area contributed by atoms with Crippen LogP contribution < -0.4 is 5.32 Å². The van der Waals surface area contributed by atoms with Gasteiger partial charge in [0.05, 0.1) is 21.2 Å². The molecule has 0 saturated carbocycles. The Balaban J connectivity index is 1.65. The maximum Gasteiger partial charge on any atom is 0.248 e. The van der Waals surface area contributed by atoms with Crippen molar-refractivity contribution < 1.29 is 0 Å². The fraction of sp³-hybridized carbons (Fsp3) is 0.0588. The molecule has 2 heterocycles. The molecule has 0 spiro atoms. The van der Waals surface area contributed by atoms with Gasteiger partial charge in [0.25, 0.3) is 0 Å². The van der Waals surface area contributed by atoms with E-state index in [1.54, 1.807) is 24.4 Å². The fourth-order valence-corrected chi connectivity index (χ4v) is 2.98. The third-order valence-corrected chi connectivity index (χ3v) is 4.59. The predicted molar refractivity (Wildman–Crippen MR) is 98.2 cm³/mol. The molecule has 8 heteroatoms. The van der Waals surface area contributed by atoms with Crippen LogP contribution in [-0.4, -0.2) is 25.2 Å². The van der Waals surface area contributed by atoms with Gasteiger partial charge in [-0.2, -0.15) is 4.68 Å². The van der Waals surface area contributed by atoms with E-state index >= 15 is 0 Å². The molecule has 2 aromatic carbocycles. The molecule has 1 N–H and O–H groups in total. The van der Waals surface area contributed by atoms with Gasteiger partial charge in [0.1, 0.15) is 0 Å². The highest BCUT2D eigenvalue weighted by atomic mass is 35.5. The second-order valence-electron chi connectivity index (χ2n) is 5.33. The molecule has 25 heavy (non-hydrogen) atoms. The van der Waals surface area contributed by atoms with Crippen molar-refractivity contribution in [1.29, 1.82) is 0 Å². The molecular formula is C17H12Cl2N6. The number of hydrogen-bond donors (Lipinski definition) is 1. The molecule has 4 rings (SSSR count). The summed E-state index contributed by atoms with van der Waals surface area (Å²) in [5.41, 5.74) is 2.60. The summed E-state index contributed by atoms with van der Waals surface area (Å²) in [7, 11) is 0. The van der Waals surface area contributed by atoms with Gasteiger partial charge in [0, 0.05) is 18.1 Å². The highest BCUT2D eigenvalue weighted by Crippen LogP contribution is 2.29. The molecule has 0 unspecified atom stereocenters. The van der Waals surface area contributed by atoms with E-state index in [2.05, 4.69) is 25.8 Å². The third kappa shape index (κ3) is 3.01. The van der Waals surface area contributed by atoms with Crippen molar-refractivity contribution in [3.8, 4) is 5.69 Å². The average molecular weight is 371 g/mol. The minimum Gasteiger partial charge on any atom is -0.349 e. The van der Waals surface area contributed by atoms with Gasteiger partial charge >= 0.3 is 0 Å². The first-order valence-electron chi connectivity index (χ1n) is 7.53. The van der Waals surface area contributed by atoms with Crippen LogP contribution >= 0.6 is 23.2 Å². The van der Waals surface area contributed by atoms with Gasteiger partial charge in [-0.15, -0.1) is 0 Å². The quantitative estimate of drug-likeness (QED) is 0.584. The number of halogens is 2. The molecule has 0 fully saturated rings. The van der Waals surface area contributed by atoms with E-state index < -0.39 is 0 Å². The molecule has 0 atom stereocenters. The minimum absolute atomic E-state index is 0.395. The Labute approximate surface area is 153 Å². The van der Waals surface area contributed by atoms with Gasteiger partial charge in [-0.05, 0) is 34.2 Å². The van der Waals surface area contributed by atoms with Crippen LogP contribution in [0, 0.1) is 0 Å². The Hall–Kier alpha value is -2.70. The van der Waals surface area contributed by atoms with Crippen LogP contribution in [0.15, 0.2) is 54.7 Å². The zero-order valence-electron chi connectivity index (χ0n) is 12.9. The molecule has 0 saturated heterocycles. The Morgan fingerprint density at radius 2 is 1.84 bits per heavy atom. The van der Waals surface area contributed by atoms with E-state index in [1.807, 2.05) is 30.3 Å². The lowest BCUT2D eigenvalue weighted by atomic mass is 10.1. The molecule has 4 aromatic rings. The summed E-state index contributed by atoms with van der Waals surface area (Å²) in [5, 5.41) is 16.9. The first-order chi connectivity index (χ1) is 12.2. The first-order valence-corrected chi connectivity index (χ1v) is 8.29. The lowest BCUT2D eigenvalue weighted by molar-refractivity contribution is 0.789. The summed E-state index contributed by atoms with van der Waals surface area (Å²) in [6, 6.07) is 15.3. The average Bonchev–Trinajstić information content (AvgIpc) is 3.10. The summed E-state index contributed by atoms with van der Waals surface area (Å²) in [4.78, 5) is 4.45. The Kier molecular flexibility index (Phi) is 4.21. The first kappa shape index (κ1) is 15.8. The molecule has 2 aromatic heterocycles. The molecule has 0 aliphatic rings. The normalized spacial score (nSPS) is 11.0. The third-order valence-electron chi connectivity index (χ3n) is 3.78. The number of hydrogen-bond acceptors (Lipinski definition) is 5. The molecular weight excluding hydrogens is 359 g/mol. The summed E-state index contributed by atoms with van der Waals surface area (Å²) in [6.07, 6.45) is 1.78. The van der Waals surface area contributed by atoms with Crippen molar-refractivity contribution in [2.75, 3.05) is 5.32 Å². The highest BCUT2D eigenvalue weighted by Gasteiger charge is 2.13. The monoisotopic (exact) mass is 370 g/mol. The Bertz CT molecular complexity index is 1040. The summed E-state index contributed by atoms with van der Waals surface area (Å²) in [6.45, 7) is 0.521. The van der Waals surface area contributed by atoms with Crippen LogP contribution in [0.4, 0.5) is 5.95 Å². The van der Waals surface area contributed by atoms with Crippen LogP contribution in [-0.2, 0) is 6.54 Å². The van der Waals surface area contributed by atoms with Crippen molar-refractivity contribution in [2.24, 2.45) is 0 Å². The van der Waals surface area contributed by atoms with E-state index in [0.717, 1.165) is 16.5 Å². The van der Waals surface area contributed by atoms with Crippen LogP contribution in [0.25, 0.3) is 16.6 Å². The number of nitrogens with zero attached hydrogens (tertiary/aromatic N) is 5. The van der Waals surface area contributed by atoms with E-state index in [9.17, 15) is 0 Å². The van der Waals surface area contributed by atoms with E-state index in [4.69, 9.17) is 23.2 Å². The van der Waals surface area contributed by atoms with E-state index in [-0.39, 0.29) is 0 Å². The van der Waals surface area contributed by atoms with Crippen LogP contribution in [0.2, 0.25) is 10.0 Å². The highest BCUT2D eigenvalue weighted by molar-refractivity contribution is 6.43. The molecule has 0 bridgehead atoms. The molecule has 6 nitrogen and oxygen atoms in total. The summed E-state index contributed by atoms with van der Waals surface area (Å²) in [5.74, 6) is 0.470. The Morgan fingerprint density at radius 1 is 1.00 bits per heavy atom. The smallest absolute Gasteiger partial charge is 0.248 e. The van der Waals surface area contributed by atoms with Crippen molar-refractivity contribution in [3.63, 3.8) is 0 Å². The lowest BCUT2D eigenvalue weighted by Gasteiger charge is -2.10. The van der Waals surface area contributed by atoms with Crippen molar-refractivity contribution in [1.82, 2.24) is 25.2 Å². The van der Waals surface area contributed by atoms with E-state index in [0.29, 0.717) is 28.2 Å². The SMILES string of the molecule is Clc1cccc(-n2nnnc2NCc2cccc3cccnc23)c1Cl. The number of rotatable bonds is 4. The predicted octanol–water partition coefficient (Wildman–Crippen LogP) is 4.13. The molecule has 0 aliphatic heterocycles. The maximum atomic E-state index is 6.27. The number of anilines is 1. The van der Waals surface area contributed by atoms with Crippen molar-refractivity contribution in [2.45, 2.75) is 6.54 Å². The number of pyridine rings is 1. The van der Waals surface area contributed by atoms with Gasteiger partial charge in [0.15, 0.2) is 0 Å². The van der Waals surface area contributed by atoms with Gasteiger partial charge in [0.2, 0.25) is 5.95 Å². The number of nitrogens with one attached hydrogen (secondary N) is 1. The molecule has 124 valence electrons. The fourth-order valence-electron chi connectivity index (χ4n) is 2.60. The topological polar surface area (TPSA) is 68.5 Å². The standard InChI is InChI=1S/C17H12Cl2N6/c18-13-7-2-8-14(15(13)19)25-17(22-23-24-25)21-10-12-5-1-4-11-6-3-9-20-16(11)12/h1-9H,10H2,(H,21,22,24). The number of aromatic nitrogens is 5. The van der Waals surface area contributed by atoms with Gasteiger partial charge in [-0.3, -0.25) is 4.98 Å². The van der Waals surface area contributed by atoms with Crippen LogP contribution in [0.5, 0.6) is 0 Å². The summed E-state index contributed by atoms with van der Waals surface area (Å²) >= 11 is 12.3. The minimum atomic E-state index is 0.395. The van der Waals surface area contributed by atoms with Crippen molar-refractivity contribution >= 4 is 40.1 Å². The number of fused-ring (bicyclic) bond motifs is 1. The van der Waals surface area contributed by atoms with Crippen LogP contribution in [0.1, 0.15) is 5.56 Å². The largest absolute Gasteiger partial charge is 0.349 e. The Morgan fingerprint density at radius 3 is 2.76 bits per heavy atom. The zero-order valence-corrected chi connectivity index (χ0v) is 14.4. The molecule has 0 radical (unpaired) electrons. The molecule has 0 amide bonds. The van der Waals surface area contributed by atoms with Gasteiger partial charge in [-0.1, -0.05) is 58.6 Å². The number of tetrazole rings is 1. The number of benzene rings is 2. The summed E-state index contributed by atoms with van der Waals surface area (Å²) < 4.78 is 1.52. The van der Waals surface area contributed by atoms with Gasteiger partial charge in [-0.25, -0.2) is 0 Å². The lowest BCUT2D eigenvalue weighted by Crippen LogP contribution is -2.08. The second kappa shape index (κ2) is 6.66. The van der Waals surface area contributed by atoms with Crippen LogP contribution in [0.3, 0.4) is 0 Å². The molecule has 0 aliphatic carbocycles. The second-order valence-corrected chi connectivity index (χ2v) is 6.12.